The Bertz CT molecular complexity index is 1570. The van der Waals surface area contributed by atoms with E-state index in [-0.39, 0.29) is 30.8 Å². The molecule has 0 bridgehead atoms. The third-order valence-corrected chi connectivity index (χ3v) is 7.35. The fraction of sp³-hybridized carbons (Fsp3) is 0.290. The first-order valence-electron chi connectivity index (χ1n) is 13.5. The van der Waals surface area contributed by atoms with Gasteiger partial charge >= 0.3 is 0 Å². The lowest BCUT2D eigenvalue weighted by Gasteiger charge is -2.37. The van der Waals surface area contributed by atoms with Crippen molar-refractivity contribution in [1.29, 1.82) is 0 Å². The maximum Gasteiger partial charge on any atom is 0.247 e. The lowest BCUT2D eigenvalue weighted by atomic mass is 9.85. The summed E-state index contributed by atoms with van der Waals surface area (Å²) in [6.07, 6.45) is 6.17. The number of carbonyl (C=O) groups excluding carboxylic acids is 2. The zero-order valence-corrected chi connectivity index (χ0v) is 23.0. The Hall–Kier alpha value is -4.73. The van der Waals surface area contributed by atoms with Crippen LogP contribution in [0.3, 0.4) is 0 Å². The molecule has 3 aromatic carbocycles. The van der Waals surface area contributed by atoms with Crippen molar-refractivity contribution in [3.8, 4) is 11.5 Å². The molecule has 2 amide bonds. The summed E-state index contributed by atoms with van der Waals surface area (Å²) >= 11 is 0. The molecule has 10 heteroatoms. The number of allylic oxidation sites excluding steroid dienone is 2. The van der Waals surface area contributed by atoms with Gasteiger partial charge in [-0.1, -0.05) is 47.7 Å². The van der Waals surface area contributed by atoms with Gasteiger partial charge in [-0.3, -0.25) is 9.59 Å². The second-order valence-corrected chi connectivity index (χ2v) is 9.89. The van der Waals surface area contributed by atoms with Crippen molar-refractivity contribution in [2.75, 3.05) is 19.5 Å². The van der Waals surface area contributed by atoms with E-state index in [2.05, 4.69) is 21.7 Å². The van der Waals surface area contributed by atoms with Gasteiger partial charge in [0.05, 0.1) is 25.4 Å². The maximum atomic E-state index is 14.9. The Morgan fingerprint density at radius 3 is 2.63 bits per heavy atom. The average molecular weight is 558 g/mol. The lowest BCUT2D eigenvalue weighted by Crippen LogP contribution is -2.52. The van der Waals surface area contributed by atoms with Crippen molar-refractivity contribution in [3.05, 3.63) is 90.3 Å². The van der Waals surface area contributed by atoms with Gasteiger partial charge in [-0.2, -0.15) is 0 Å². The molecule has 1 aliphatic rings. The molecule has 9 nitrogen and oxygen atoms in total. The number of fused-ring (bicyclic) bond motifs is 1. The van der Waals surface area contributed by atoms with Gasteiger partial charge in [0.15, 0.2) is 0 Å². The Morgan fingerprint density at radius 2 is 1.88 bits per heavy atom. The second kappa shape index (κ2) is 12.6. The Morgan fingerprint density at radius 1 is 1.07 bits per heavy atom. The predicted molar refractivity (Wildman–Crippen MR) is 153 cm³/mol. The summed E-state index contributed by atoms with van der Waals surface area (Å²) in [5.74, 6) is -0.406. The van der Waals surface area contributed by atoms with Crippen molar-refractivity contribution in [2.24, 2.45) is 5.92 Å². The standard InChI is InChI=1S/C31H32FN5O4/c1-40-23-16-17-26(28(18-23)41-2)33-31(39)30(21-10-4-3-5-11-21)36(19-22-12-6-7-13-24(22)32)29(38)20-37-27-15-9-8-14-25(27)34-35-37/h3-4,6-9,12-18,21,30H,5,10-11,19-20H2,1-2H3,(H,33,39)/t21-,30+/m1/s1. The number of benzene rings is 3. The van der Waals surface area contributed by atoms with Gasteiger partial charge in [-0.15, -0.1) is 5.10 Å². The number of rotatable bonds is 10. The average Bonchev–Trinajstić information content (AvgIpc) is 3.41. The van der Waals surface area contributed by atoms with Gasteiger partial charge in [0.25, 0.3) is 0 Å². The molecule has 1 heterocycles. The van der Waals surface area contributed by atoms with Crippen LogP contribution in [0.1, 0.15) is 24.8 Å². The highest BCUT2D eigenvalue weighted by molar-refractivity contribution is 5.98. The van der Waals surface area contributed by atoms with E-state index in [4.69, 9.17) is 9.47 Å². The topological polar surface area (TPSA) is 98.6 Å². The lowest BCUT2D eigenvalue weighted by molar-refractivity contribution is -0.142. The number of hydrogen-bond acceptors (Lipinski definition) is 6. The number of methoxy groups -OCH3 is 2. The number of nitrogens with zero attached hydrogens (tertiary/aromatic N) is 4. The van der Waals surface area contributed by atoms with E-state index < -0.39 is 11.9 Å². The number of anilines is 1. The van der Waals surface area contributed by atoms with E-state index in [0.29, 0.717) is 46.6 Å². The largest absolute Gasteiger partial charge is 0.497 e. The quantitative estimate of drug-likeness (QED) is 0.276. The number of nitrogens with one attached hydrogen (secondary N) is 1. The van der Waals surface area contributed by atoms with Crippen molar-refractivity contribution in [2.45, 2.75) is 38.4 Å². The molecule has 0 saturated heterocycles. The first-order valence-corrected chi connectivity index (χ1v) is 13.5. The van der Waals surface area contributed by atoms with Gasteiger partial charge in [0, 0.05) is 18.2 Å². The van der Waals surface area contributed by atoms with Crippen molar-refractivity contribution < 1.29 is 23.5 Å². The third-order valence-electron chi connectivity index (χ3n) is 7.35. The van der Waals surface area contributed by atoms with Crippen LogP contribution in [0.25, 0.3) is 11.0 Å². The molecule has 1 aliphatic carbocycles. The minimum absolute atomic E-state index is 0.0871. The van der Waals surface area contributed by atoms with Crippen molar-refractivity contribution in [1.82, 2.24) is 19.9 Å². The van der Waals surface area contributed by atoms with Crippen LogP contribution in [0, 0.1) is 11.7 Å². The molecule has 2 atom stereocenters. The first-order chi connectivity index (χ1) is 20.0. The molecule has 1 aromatic heterocycles. The number of aromatic nitrogens is 3. The SMILES string of the molecule is COc1ccc(NC(=O)[C@H]([C@@H]2CC=CCC2)N(Cc2ccccc2F)C(=O)Cn2nnc3ccccc32)c(OC)c1. The first kappa shape index (κ1) is 27.8. The minimum atomic E-state index is -0.895. The number of hydrogen-bond donors (Lipinski definition) is 1. The normalized spacial score (nSPS) is 15.3. The summed E-state index contributed by atoms with van der Waals surface area (Å²) < 4.78 is 27.2. The summed E-state index contributed by atoms with van der Waals surface area (Å²) in [5.41, 5.74) is 2.10. The van der Waals surface area contributed by atoms with E-state index in [1.165, 1.54) is 22.8 Å². The van der Waals surface area contributed by atoms with Crippen LogP contribution in [-0.2, 0) is 22.7 Å². The second-order valence-electron chi connectivity index (χ2n) is 9.89. The van der Waals surface area contributed by atoms with Gasteiger partial charge in [0.2, 0.25) is 11.8 Å². The molecule has 0 aliphatic heterocycles. The van der Waals surface area contributed by atoms with Crippen LogP contribution < -0.4 is 14.8 Å². The van der Waals surface area contributed by atoms with Crippen molar-refractivity contribution >= 4 is 28.5 Å². The third kappa shape index (κ3) is 6.21. The fourth-order valence-electron chi connectivity index (χ4n) is 5.23. The summed E-state index contributed by atoms with van der Waals surface area (Å²) in [7, 11) is 3.05. The molecule has 0 fully saturated rings. The molecule has 0 saturated carbocycles. The molecule has 1 N–H and O–H groups in total. The minimum Gasteiger partial charge on any atom is -0.497 e. The molecular weight excluding hydrogens is 525 g/mol. The van der Waals surface area contributed by atoms with Crippen LogP contribution >= 0.6 is 0 Å². The van der Waals surface area contributed by atoms with Crippen LogP contribution in [0.4, 0.5) is 10.1 Å². The zero-order chi connectivity index (χ0) is 28.8. The van der Waals surface area contributed by atoms with Gasteiger partial charge in [0.1, 0.15) is 35.4 Å². The zero-order valence-electron chi connectivity index (χ0n) is 23.0. The Labute approximate surface area is 237 Å². The molecule has 0 spiro atoms. The fourth-order valence-corrected chi connectivity index (χ4v) is 5.23. The predicted octanol–water partition coefficient (Wildman–Crippen LogP) is 4.98. The highest BCUT2D eigenvalue weighted by Gasteiger charge is 2.37. The summed E-state index contributed by atoms with van der Waals surface area (Å²) in [4.78, 5) is 29.7. The van der Waals surface area contributed by atoms with Crippen LogP contribution in [0.15, 0.2) is 78.9 Å². The van der Waals surface area contributed by atoms with Gasteiger partial charge < -0.3 is 19.7 Å². The maximum absolute atomic E-state index is 14.9. The Kier molecular flexibility index (Phi) is 8.57. The summed E-state index contributed by atoms with van der Waals surface area (Å²) in [6, 6.07) is 17.8. The van der Waals surface area contributed by atoms with Crippen LogP contribution in [0.5, 0.6) is 11.5 Å². The van der Waals surface area contributed by atoms with E-state index >= 15 is 0 Å². The molecular formula is C31H32FN5O4. The molecule has 0 radical (unpaired) electrons. The molecule has 0 unspecified atom stereocenters. The smallest absolute Gasteiger partial charge is 0.247 e. The van der Waals surface area contributed by atoms with E-state index in [1.807, 2.05) is 30.3 Å². The van der Waals surface area contributed by atoms with Crippen LogP contribution in [-0.4, -0.2) is 52.0 Å². The number of carbonyl (C=O) groups is 2. The summed E-state index contributed by atoms with van der Waals surface area (Å²) in [6.45, 7) is -0.247. The number of ether oxygens (including phenoxy) is 2. The number of halogens is 1. The number of amides is 2. The van der Waals surface area contributed by atoms with E-state index in [1.54, 1.807) is 43.5 Å². The van der Waals surface area contributed by atoms with Crippen molar-refractivity contribution in [3.63, 3.8) is 0 Å². The number of para-hydroxylation sites is 1. The molecule has 5 rings (SSSR count). The Balaban J connectivity index is 1.53. The van der Waals surface area contributed by atoms with E-state index in [9.17, 15) is 14.0 Å². The molecule has 212 valence electrons. The van der Waals surface area contributed by atoms with Gasteiger partial charge in [-0.25, -0.2) is 9.07 Å². The monoisotopic (exact) mass is 557 g/mol. The van der Waals surface area contributed by atoms with Crippen LogP contribution in [0.2, 0.25) is 0 Å². The molecule has 4 aromatic rings. The highest BCUT2D eigenvalue weighted by atomic mass is 19.1. The molecule has 41 heavy (non-hydrogen) atoms. The van der Waals surface area contributed by atoms with Gasteiger partial charge in [-0.05, 0) is 55.5 Å². The highest BCUT2D eigenvalue weighted by Crippen LogP contribution is 2.32. The van der Waals surface area contributed by atoms with E-state index in [0.717, 1.165) is 6.42 Å². The summed E-state index contributed by atoms with van der Waals surface area (Å²) in [5, 5.41) is 11.3.